The van der Waals surface area contributed by atoms with Crippen LogP contribution in [0.2, 0.25) is 5.02 Å². The van der Waals surface area contributed by atoms with Crippen molar-refractivity contribution in [3.63, 3.8) is 0 Å². The van der Waals surface area contributed by atoms with Gasteiger partial charge >= 0.3 is 11.9 Å². The molecule has 1 unspecified atom stereocenters. The molecule has 0 radical (unpaired) electrons. The van der Waals surface area contributed by atoms with Crippen LogP contribution in [0.25, 0.3) is 0 Å². The van der Waals surface area contributed by atoms with E-state index in [1.54, 1.807) is 0 Å². The lowest BCUT2D eigenvalue weighted by Gasteiger charge is -2.24. The number of nitrogens with one attached hydrogen (secondary N) is 1. The number of hydrogen-bond acceptors (Lipinski definition) is 5. The summed E-state index contributed by atoms with van der Waals surface area (Å²) < 4.78 is 23.2. The van der Waals surface area contributed by atoms with Crippen LogP contribution < -0.4 is 5.32 Å². The Kier molecular flexibility index (Phi) is 4.90. The summed E-state index contributed by atoms with van der Waals surface area (Å²) in [6, 6.07) is 7.91. The third-order valence-electron chi connectivity index (χ3n) is 3.88. The second kappa shape index (κ2) is 7.13. The van der Waals surface area contributed by atoms with Crippen molar-refractivity contribution in [2.24, 2.45) is 0 Å². The van der Waals surface area contributed by atoms with E-state index in [4.69, 9.17) is 16.3 Å². The Morgan fingerprint density at radius 3 is 2.77 bits per heavy atom. The van der Waals surface area contributed by atoms with Gasteiger partial charge in [0.1, 0.15) is 5.82 Å². The lowest BCUT2D eigenvalue weighted by atomic mass is 9.98. The maximum Gasteiger partial charge on any atom is 0.339 e. The predicted octanol–water partition coefficient (Wildman–Crippen LogP) is 2.99. The largest absolute Gasteiger partial charge is 0.465 e. The number of hydrogen-bond donors (Lipinski definition) is 1. The molecule has 0 aliphatic carbocycles. The highest BCUT2D eigenvalue weighted by atomic mass is 35.5. The third kappa shape index (κ3) is 3.52. The number of carbonyl (C=O) groups excluding carboxylic acids is 3. The molecule has 8 heteroatoms. The number of methoxy groups -OCH3 is 1. The van der Waals surface area contributed by atoms with Crippen LogP contribution in [0.3, 0.4) is 0 Å². The van der Waals surface area contributed by atoms with Crippen molar-refractivity contribution in [1.82, 2.24) is 0 Å². The minimum absolute atomic E-state index is 0.0127. The zero-order chi connectivity index (χ0) is 18.8. The third-order valence-corrected chi connectivity index (χ3v) is 4.11. The fraction of sp³-hybridized carbons (Fsp3) is 0.167. The van der Waals surface area contributed by atoms with E-state index in [-0.39, 0.29) is 23.2 Å². The van der Waals surface area contributed by atoms with Crippen molar-refractivity contribution in [3.05, 3.63) is 63.9 Å². The fourth-order valence-corrected chi connectivity index (χ4v) is 2.80. The SMILES string of the molecule is COC(=O)c1ccc(Cl)cc1NC(=O)C1Cc2cc(F)ccc2C(=O)O1. The standard InChI is InChI=1S/C18H13ClFNO5/c1-25-17(23)13-4-2-10(19)8-14(13)21-16(22)15-7-9-6-11(20)3-5-12(9)18(24)26-15/h2-6,8,15H,7H2,1H3,(H,21,22). The number of esters is 2. The first-order valence-corrected chi connectivity index (χ1v) is 7.95. The maximum absolute atomic E-state index is 13.4. The molecule has 6 nitrogen and oxygen atoms in total. The molecule has 1 atom stereocenters. The average molecular weight is 378 g/mol. The molecule has 3 rings (SSSR count). The molecule has 1 amide bonds. The summed E-state index contributed by atoms with van der Waals surface area (Å²) in [6.07, 6.45) is -1.15. The number of halogens is 2. The summed E-state index contributed by atoms with van der Waals surface area (Å²) in [6.45, 7) is 0. The average Bonchev–Trinajstić information content (AvgIpc) is 2.60. The topological polar surface area (TPSA) is 81.7 Å². The van der Waals surface area contributed by atoms with Gasteiger partial charge in [-0.1, -0.05) is 11.6 Å². The van der Waals surface area contributed by atoms with Gasteiger partial charge in [-0.3, -0.25) is 4.79 Å². The van der Waals surface area contributed by atoms with Crippen LogP contribution in [0, 0.1) is 5.82 Å². The number of amides is 1. The van der Waals surface area contributed by atoms with Crippen LogP contribution in [-0.2, 0) is 20.7 Å². The van der Waals surface area contributed by atoms with Crippen LogP contribution in [0.1, 0.15) is 26.3 Å². The van der Waals surface area contributed by atoms with Gasteiger partial charge in [-0.15, -0.1) is 0 Å². The van der Waals surface area contributed by atoms with Crippen molar-refractivity contribution < 1.29 is 28.2 Å². The van der Waals surface area contributed by atoms with E-state index in [9.17, 15) is 18.8 Å². The Morgan fingerprint density at radius 2 is 2.04 bits per heavy atom. The summed E-state index contributed by atoms with van der Waals surface area (Å²) in [7, 11) is 1.21. The van der Waals surface area contributed by atoms with E-state index in [1.165, 1.54) is 37.4 Å². The van der Waals surface area contributed by atoms with Gasteiger partial charge in [0.2, 0.25) is 0 Å². The van der Waals surface area contributed by atoms with E-state index in [0.29, 0.717) is 10.6 Å². The van der Waals surface area contributed by atoms with Gasteiger partial charge in [-0.05, 0) is 42.0 Å². The van der Waals surface area contributed by atoms with Crippen LogP contribution >= 0.6 is 11.6 Å². The quantitative estimate of drug-likeness (QED) is 0.831. The molecule has 2 aromatic carbocycles. The lowest BCUT2D eigenvalue weighted by Crippen LogP contribution is -2.38. The number of rotatable bonds is 3. The van der Waals surface area contributed by atoms with Crippen molar-refractivity contribution in [2.45, 2.75) is 12.5 Å². The fourth-order valence-electron chi connectivity index (χ4n) is 2.63. The van der Waals surface area contributed by atoms with Gasteiger partial charge in [0.15, 0.2) is 6.10 Å². The molecule has 0 saturated carbocycles. The normalized spacial score (nSPS) is 15.7. The van der Waals surface area contributed by atoms with Crippen LogP contribution in [0.5, 0.6) is 0 Å². The zero-order valence-corrected chi connectivity index (χ0v) is 14.3. The molecule has 1 N–H and O–H groups in total. The second-order valence-electron chi connectivity index (χ2n) is 5.57. The lowest BCUT2D eigenvalue weighted by molar-refractivity contribution is -0.125. The van der Waals surface area contributed by atoms with Crippen molar-refractivity contribution in [2.75, 3.05) is 12.4 Å². The Labute approximate surface area is 152 Å². The molecule has 2 aromatic rings. The molecule has 0 spiro atoms. The molecule has 0 saturated heterocycles. The van der Waals surface area contributed by atoms with Gasteiger partial charge in [0.05, 0.1) is 23.9 Å². The Balaban J connectivity index is 1.84. The van der Waals surface area contributed by atoms with Crippen LogP contribution in [0.4, 0.5) is 10.1 Å². The van der Waals surface area contributed by atoms with Crippen molar-refractivity contribution >= 4 is 35.1 Å². The molecule has 1 heterocycles. The summed E-state index contributed by atoms with van der Waals surface area (Å²) in [5.74, 6) is -2.56. The number of anilines is 1. The molecule has 1 aliphatic rings. The minimum Gasteiger partial charge on any atom is -0.465 e. The summed E-state index contributed by atoms with van der Waals surface area (Å²) in [4.78, 5) is 36.3. The number of cyclic esters (lactones) is 1. The first-order valence-electron chi connectivity index (χ1n) is 7.57. The highest BCUT2D eigenvalue weighted by Crippen LogP contribution is 2.25. The smallest absolute Gasteiger partial charge is 0.339 e. The minimum atomic E-state index is -1.17. The number of carbonyl (C=O) groups is 3. The van der Waals surface area contributed by atoms with E-state index < -0.39 is 29.8 Å². The molecule has 1 aliphatic heterocycles. The Bertz CT molecular complexity index is 914. The van der Waals surface area contributed by atoms with Crippen LogP contribution in [-0.4, -0.2) is 31.1 Å². The second-order valence-corrected chi connectivity index (χ2v) is 6.01. The number of ether oxygens (including phenoxy) is 2. The van der Waals surface area contributed by atoms with Crippen molar-refractivity contribution in [3.8, 4) is 0 Å². The van der Waals surface area contributed by atoms with E-state index in [2.05, 4.69) is 10.1 Å². The van der Waals surface area contributed by atoms with E-state index in [0.717, 1.165) is 6.07 Å². The Hall–Kier alpha value is -2.93. The first kappa shape index (κ1) is 17.9. The van der Waals surface area contributed by atoms with Gasteiger partial charge < -0.3 is 14.8 Å². The predicted molar refractivity (Wildman–Crippen MR) is 90.7 cm³/mol. The highest BCUT2D eigenvalue weighted by Gasteiger charge is 2.32. The molecular formula is C18H13ClFNO5. The van der Waals surface area contributed by atoms with Crippen molar-refractivity contribution in [1.29, 1.82) is 0 Å². The molecule has 0 fully saturated rings. The van der Waals surface area contributed by atoms with E-state index >= 15 is 0 Å². The summed E-state index contributed by atoms with van der Waals surface area (Å²) in [5.41, 5.74) is 0.809. The van der Waals surface area contributed by atoms with Crippen LogP contribution in [0.15, 0.2) is 36.4 Å². The highest BCUT2D eigenvalue weighted by molar-refractivity contribution is 6.31. The molecular weight excluding hydrogens is 365 g/mol. The van der Waals surface area contributed by atoms with Gasteiger partial charge in [0, 0.05) is 11.4 Å². The monoisotopic (exact) mass is 377 g/mol. The molecule has 134 valence electrons. The Morgan fingerprint density at radius 1 is 1.27 bits per heavy atom. The number of benzene rings is 2. The number of fused-ring (bicyclic) bond motifs is 1. The molecule has 26 heavy (non-hydrogen) atoms. The summed E-state index contributed by atoms with van der Waals surface area (Å²) in [5, 5.41) is 2.80. The van der Waals surface area contributed by atoms with Gasteiger partial charge in [-0.2, -0.15) is 0 Å². The summed E-state index contributed by atoms with van der Waals surface area (Å²) >= 11 is 5.91. The van der Waals surface area contributed by atoms with E-state index in [1.807, 2.05) is 0 Å². The molecule has 0 aromatic heterocycles. The zero-order valence-electron chi connectivity index (χ0n) is 13.5. The first-order chi connectivity index (χ1) is 12.4. The maximum atomic E-state index is 13.4. The van der Waals surface area contributed by atoms with Gasteiger partial charge in [-0.25, -0.2) is 14.0 Å². The molecule has 0 bridgehead atoms. The van der Waals surface area contributed by atoms with Gasteiger partial charge in [0.25, 0.3) is 5.91 Å².